The molecule has 4 rings (SSSR count). The van der Waals surface area contributed by atoms with Gasteiger partial charge in [-0.05, 0) is 67.9 Å². The van der Waals surface area contributed by atoms with Crippen LogP contribution < -0.4 is 10.1 Å². The molecule has 1 N–H and O–H groups in total. The second-order valence-electron chi connectivity index (χ2n) is 7.00. The van der Waals surface area contributed by atoms with Crippen LogP contribution in [-0.2, 0) is 11.3 Å². The lowest BCUT2D eigenvalue weighted by atomic mass is 10.0. The fourth-order valence-corrected chi connectivity index (χ4v) is 3.48. The van der Waals surface area contributed by atoms with Crippen molar-refractivity contribution in [3.63, 3.8) is 0 Å². The lowest BCUT2D eigenvalue weighted by Gasteiger charge is -2.34. The number of amides is 1. The van der Waals surface area contributed by atoms with Gasteiger partial charge in [0, 0.05) is 24.6 Å². The minimum Gasteiger partial charge on any atom is -0.456 e. The Balaban J connectivity index is 1.38. The van der Waals surface area contributed by atoms with Crippen molar-refractivity contribution in [3.05, 3.63) is 72.8 Å². The fourth-order valence-electron chi connectivity index (χ4n) is 3.48. The van der Waals surface area contributed by atoms with Crippen molar-refractivity contribution in [3.8, 4) is 11.5 Å². The summed E-state index contributed by atoms with van der Waals surface area (Å²) in [6.07, 6.45) is 7.99. The molecule has 0 radical (unpaired) electrons. The molecule has 1 aromatic carbocycles. The normalized spacial score (nSPS) is 16.9. The first-order valence-corrected chi connectivity index (χ1v) is 9.77. The highest BCUT2D eigenvalue weighted by Gasteiger charge is 2.29. The van der Waals surface area contributed by atoms with Crippen LogP contribution in [-0.4, -0.2) is 38.6 Å². The third-order valence-electron chi connectivity index (χ3n) is 4.90. The average Bonchev–Trinajstić information content (AvgIpc) is 2.77. The highest BCUT2D eigenvalue weighted by atomic mass is 16.5. The van der Waals surface area contributed by atoms with Crippen molar-refractivity contribution in [1.82, 2.24) is 20.1 Å². The smallest absolute Gasteiger partial charge is 0.241 e. The molecule has 0 aliphatic carbocycles. The summed E-state index contributed by atoms with van der Waals surface area (Å²) in [7, 11) is 0. The molecule has 7 nitrogen and oxygen atoms in total. The van der Waals surface area contributed by atoms with Gasteiger partial charge in [-0.1, -0.05) is 6.42 Å². The number of anilines is 1. The average molecular weight is 389 g/mol. The first-order chi connectivity index (χ1) is 14.3. The van der Waals surface area contributed by atoms with Gasteiger partial charge in [0.05, 0.1) is 17.9 Å². The second-order valence-corrected chi connectivity index (χ2v) is 7.00. The molecular weight excluding hydrogens is 366 g/mol. The van der Waals surface area contributed by atoms with Crippen molar-refractivity contribution in [2.75, 3.05) is 11.9 Å². The zero-order valence-electron chi connectivity index (χ0n) is 16.1. The van der Waals surface area contributed by atoms with Gasteiger partial charge < -0.3 is 10.1 Å². The Morgan fingerprint density at radius 2 is 1.93 bits per heavy atom. The molecule has 1 unspecified atom stereocenters. The topological polar surface area (TPSA) is 80.2 Å². The van der Waals surface area contributed by atoms with Crippen LogP contribution in [0.5, 0.6) is 11.5 Å². The first kappa shape index (κ1) is 19.0. The third-order valence-corrected chi connectivity index (χ3v) is 4.90. The van der Waals surface area contributed by atoms with Crippen LogP contribution in [0.2, 0.25) is 0 Å². The number of likely N-dealkylation sites (tertiary alicyclic amines) is 1. The molecule has 29 heavy (non-hydrogen) atoms. The molecule has 0 bridgehead atoms. The SMILES string of the molecule is O=C(Nc1ccc(Oc2cccnc2)cc1)C1CCCCN1Cc1cccnn1. The van der Waals surface area contributed by atoms with E-state index in [1.54, 1.807) is 18.6 Å². The van der Waals surface area contributed by atoms with E-state index in [9.17, 15) is 4.79 Å². The van der Waals surface area contributed by atoms with E-state index in [0.717, 1.165) is 37.2 Å². The van der Waals surface area contributed by atoms with Crippen LogP contribution in [0.3, 0.4) is 0 Å². The molecule has 3 heterocycles. The Morgan fingerprint density at radius 1 is 1.07 bits per heavy atom. The minimum absolute atomic E-state index is 0.00881. The number of rotatable bonds is 6. The molecule has 7 heteroatoms. The number of nitrogens with one attached hydrogen (secondary N) is 1. The molecule has 1 aliphatic rings. The maximum atomic E-state index is 12.9. The number of benzene rings is 1. The fraction of sp³-hybridized carbons (Fsp3) is 0.273. The first-order valence-electron chi connectivity index (χ1n) is 9.77. The van der Waals surface area contributed by atoms with E-state index in [2.05, 4.69) is 25.4 Å². The summed E-state index contributed by atoms with van der Waals surface area (Å²) in [5.74, 6) is 1.37. The second kappa shape index (κ2) is 9.25. The summed E-state index contributed by atoms with van der Waals surface area (Å²) in [4.78, 5) is 19.1. The molecule has 1 aliphatic heterocycles. The number of carbonyl (C=O) groups is 1. The van der Waals surface area contributed by atoms with Crippen LogP contribution in [0, 0.1) is 0 Å². The van der Waals surface area contributed by atoms with Gasteiger partial charge in [0.1, 0.15) is 11.5 Å². The molecule has 1 amide bonds. The molecule has 1 atom stereocenters. The van der Waals surface area contributed by atoms with E-state index in [1.165, 1.54) is 0 Å². The molecule has 3 aromatic rings. The van der Waals surface area contributed by atoms with Gasteiger partial charge >= 0.3 is 0 Å². The van der Waals surface area contributed by atoms with E-state index in [1.807, 2.05) is 48.5 Å². The van der Waals surface area contributed by atoms with Crippen molar-refractivity contribution in [2.45, 2.75) is 31.8 Å². The summed E-state index contributed by atoms with van der Waals surface area (Å²) in [6.45, 7) is 1.51. The van der Waals surface area contributed by atoms with Gasteiger partial charge in [-0.2, -0.15) is 10.2 Å². The number of aromatic nitrogens is 3. The zero-order chi connectivity index (χ0) is 19.9. The van der Waals surface area contributed by atoms with E-state index in [-0.39, 0.29) is 11.9 Å². The van der Waals surface area contributed by atoms with E-state index in [4.69, 9.17) is 4.74 Å². The maximum absolute atomic E-state index is 12.9. The molecule has 1 fully saturated rings. The monoisotopic (exact) mass is 389 g/mol. The number of nitrogens with zero attached hydrogens (tertiary/aromatic N) is 4. The zero-order valence-corrected chi connectivity index (χ0v) is 16.1. The largest absolute Gasteiger partial charge is 0.456 e. The number of pyridine rings is 1. The van der Waals surface area contributed by atoms with Gasteiger partial charge in [-0.25, -0.2) is 0 Å². The summed E-state index contributed by atoms with van der Waals surface area (Å²) in [5, 5.41) is 11.1. The highest BCUT2D eigenvalue weighted by molar-refractivity contribution is 5.94. The van der Waals surface area contributed by atoms with Gasteiger partial charge in [-0.3, -0.25) is 14.7 Å². The van der Waals surface area contributed by atoms with Gasteiger partial charge in [-0.15, -0.1) is 0 Å². The number of carbonyl (C=O) groups excluding carboxylic acids is 1. The Labute approximate surface area is 169 Å². The third kappa shape index (κ3) is 5.14. The van der Waals surface area contributed by atoms with Crippen LogP contribution in [0.25, 0.3) is 0 Å². The predicted molar refractivity (Wildman–Crippen MR) is 109 cm³/mol. The summed E-state index contributed by atoms with van der Waals surface area (Å²) >= 11 is 0. The summed E-state index contributed by atoms with van der Waals surface area (Å²) in [6, 6.07) is 14.7. The van der Waals surface area contributed by atoms with E-state index >= 15 is 0 Å². The standard InChI is InChI=1S/C22H23N5O2/c28-22(21-7-1-2-14-27(21)16-18-5-3-13-24-26-18)25-17-8-10-19(11-9-17)29-20-6-4-12-23-15-20/h3-6,8-13,15,21H,1-2,7,14,16H2,(H,25,28). The molecular formula is C22H23N5O2. The van der Waals surface area contributed by atoms with Crippen molar-refractivity contribution in [2.24, 2.45) is 0 Å². The van der Waals surface area contributed by atoms with Crippen LogP contribution in [0.15, 0.2) is 67.1 Å². The molecule has 148 valence electrons. The molecule has 2 aromatic heterocycles. The number of piperidine rings is 1. The summed E-state index contributed by atoms with van der Waals surface area (Å²) in [5.41, 5.74) is 1.63. The maximum Gasteiger partial charge on any atom is 0.241 e. The Hall–Kier alpha value is -3.32. The lowest BCUT2D eigenvalue weighted by Crippen LogP contribution is -2.46. The molecule has 1 saturated heterocycles. The number of ether oxygens (including phenoxy) is 1. The van der Waals surface area contributed by atoms with Gasteiger partial charge in [0.2, 0.25) is 5.91 Å². The summed E-state index contributed by atoms with van der Waals surface area (Å²) < 4.78 is 5.74. The Kier molecular flexibility index (Phi) is 6.07. The Morgan fingerprint density at radius 3 is 2.69 bits per heavy atom. The predicted octanol–water partition coefficient (Wildman–Crippen LogP) is 3.66. The molecule has 0 spiro atoms. The Bertz CT molecular complexity index is 919. The molecule has 0 saturated carbocycles. The highest BCUT2D eigenvalue weighted by Crippen LogP contribution is 2.24. The van der Waals surface area contributed by atoms with Crippen LogP contribution >= 0.6 is 0 Å². The lowest BCUT2D eigenvalue weighted by molar-refractivity contribution is -0.122. The minimum atomic E-state index is -0.169. The quantitative estimate of drug-likeness (QED) is 0.693. The number of hydrogen-bond donors (Lipinski definition) is 1. The van der Waals surface area contributed by atoms with Crippen molar-refractivity contribution in [1.29, 1.82) is 0 Å². The van der Waals surface area contributed by atoms with E-state index < -0.39 is 0 Å². The van der Waals surface area contributed by atoms with Crippen molar-refractivity contribution < 1.29 is 9.53 Å². The number of hydrogen-bond acceptors (Lipinski definition) is 6. The van der Waals surface area contributed by atoms with Gasteiger partial charge in [0.15, 0.2) is 0 Å². The van der Waals surface area contributed by atoms with Crippen LogP contribution in [0.4, 0.5) is 5.69 Å². The van der Waals surface area contributed by atoms with Gasteiger partial charge in [0.25, 0.3) is 0 Å². The van der Waals surface area contributed by atoms with Crippen molar-refractivity contribution >= 4 is 11.6 Å². The van der Waals surface area contributed by atoms with E-state index in [0.29, 0.717) is 18.0 Å². The van der Waals surface area contributed by atoms with Crippen LogP contribution in [0.1, 0.15) is 25.0 Å².